The van der Waals surface area contributed by atoms with Crippen molar-refractivity contribution in [3.8, 4) is 0 Å². The number of nitrogens with one attached hydrogen (secondary N) is 1. The highest BCUT2D eigenvalue weighted by Crippen LogP contribution is 2.33. The number of nitrogens with zero attached hydrogens (tertiary/aromatic N) is 3. The van der Waals surface area contributed by atoms with Crippen LogP contribution in [0, 0.1) is 5.92 Å². The maximum Gasteiger partial charge on any atom is 0.253 e. The fourth-order valence-electron chi connectivity index (χ4n) is 3.52. The van der Waals surface area contributed by atoms with Gasteiger partial charge in [-0.3, -0.25) is 4.79 Å². The number of hydrogen-bond acceptors (Lipinski definition) is 6. The van der Waals surface area contributed by atoms with E-state index in [2.05, 4.69) is 34.0 Å². The number of amides is 1. The van der Waals surface area contributed by atoms with Gasteiger partial charge in [-0.05, 0) is 65.4 Å². The number of pyridine rings is 1. The summed E-state index contributed by atoms with van der Waals surface area (Å²) >= 11 is 1.56. The van der Waals surface area contributed by atoms with Gasteiger partial charge in [-0.25, -0.2) is 4.98 Å². The standard InChI is InChI=1S/C20H30N4O2S/c1-12(2)24(5)19-23-17-16(27-19)10-13(11-21-17)18(25)22-15-8-6-14(7-9-15)20(3,4)26/h10-12,14-15,26H,6-9H2,1-5H3,(H,22,25)/t14-,15-. The van der Waals surface area contributed by atoms with Crippen LogP contribution in [-0.4, -0.2) is 45.7 Å². The number of aromatic nitrogens is 2. The third-order valence-electron chi connectivity index (χ3n) is 5.64. The van der Waals surface area contributed by atoms with Crippen molar-refractivity contribution >= 4 is 32.7 Å². The molecule has 0 saturated heterocycles. The van der Waals surface area contributed by atoms with Crippen LogP contribution >= 0.6 is 11.3 Å². The zero-order valence-corrected chi connectivity index (χ0v) is 17.6. The normalized spacial score (nSPS) is 20.9. The Labute approximate surface area is 165 Å². The van der Waals surface area contributed by atoms with Crippen LogP contribution in [-0.2, 0) is 0 Å². The molecule has 2 aromatic heterocycles. The molecule has 7 heteroatoms. The molecule has 1 amide bonds. The smallest absolute Gasteiger partial charge is 0.253 e. The molecule has 2 N–H and O–H groups in total. The van der Waals surface area contributed by atoms with E-state index >= 15 is 0 Å². The van der Waals surface area contributed by atoms with Gasteiger partial charge in [0.2, 0.25) is 0 Å². The number of rotatable bonds is 5. The maximum absolute atomic E-state index is 12.7. The van der Waals surface area contributed by atoms with Crippen LogP contribution in [0.4, 0.5) is 5.13 Å². The predicted molar refractivity (Wildman–Crippen MR) is 110 cm³/mol. The number of thiazole rings is 1. The van der Waals surface area contributed by atoms with E-state index in [0.717, 1.165) is 35.5 Å². The van der Waals surface area contributed by atoms with E-state index in [9.17, 15) is 9.90 Å². The van der Waals surface area contributed by atoms with Gasteiger partial charge in [-0.15, -0.1) is 0 Å². The minimum absolute atomic E-state index is 0.0803. The lowest BCUT2D eigenvalue weighted by Gasteiger charge is -2.36. The quantitative estimate of drug-likeness (QED) is 0.816. The maximum atomic E-state index is 12.7. The van der Waals surface area contributed by atoms with Crippen LogP contribution in [0.25, 0.3) is 10.3 Å². The fraction of sp³-hybridized carbons (Fsp3) is 0.650. The highest BCUT2D eigenvalue weighted by Gasteiger charge is 2.31. The molecule has 2 aromatic rings. The second kappa shape index (κ2) is 7.72. The van der Waals surface area contributed by atoms with Gasteiger partial charge in [0.15, 0.2) is 10.8 Å². The van der Waals surface area contributed by atoms with Gasteiger partial charge in [-0.2, -0.15) is 4.98 Å². The first kappa shape index (κ1) is 20.0. The lowest BCUT2D eigenvalue weighted by molar-refractivity contribution is -0.00257. The zero-order valence-electron chi connectivity index (χ0n) is 16.8. The van der Waals surface area contributed by atoms with Gasteiger partial charge in [0, 0.05) is 25.3 Å². The van der Waals surface area contributed by atoms with Crippen molar-refractivity contribution in [2.24, 2.45) is 5.92 Å². The fourth-order valence-corrected chi connectivity index (χ4v) is 4.58. The summed E-state index contributed by atoms with van der Waals surface area (Å²) < 4.78 is 0.927. The Kier molecular flexibility index (Phi) is 5.72. The van der Waals surface area contributed by atoms with Crippen molar-refractivity contribution in [3.63, 3.8) is 0 Å². The highest BCUT2D eigenvalue weighted by atomic mass is 32.1. The molecule has 2 heterocycles. The van der Waals surface area contributed by atoms with E-state index in [1.54, 1.807) is 17.5 Å². The number of carbonyl (C=O) groups excluding carboxylic acids is 1. The number of fused-ring (bicyclic) bond motifs is 1. The molecule has 0 bridgehead atoms. The summed E-state index contributed by atoms with van der Waals surface area (Å²) in [5.41, 5.74) is 0.621. The monoisotopic (exact) mass is 390 g/mol. The van der Waals surface area contributed by atoms with Crippen molar-refractivity contribution in [1.29, 1.82) is 0 Å². The molecule has 3 rings (SSSR count). The van der Waals surface area contributed by atoms with Crippen molar-refractivity contribution in [2.75, 3.05) is 11.9 Å². The lowest BCUT2D eigenvalue weighted by atomic mass is 9.77. The van der Waals surface area contributed by atoms with Gasteiger partial charge >= 0.3 is 0 Å². The number of carbonyl (C=O) groups is 1. The number of aliphatic hydroxyl groups is 1. The van der Waals surface area contributed by atoms with E-state index in [1.807, 2.05) is 27.0 Å². The van der Waals surface area contributed by atoms with Crippen LogP contribution in [0.15, 0.2) is 12.3 Å². The number of anilines is 1. The third kappa shape index (κ3) is 4.58. The van der Waals surface area contributed by atoms with Gasteiger partial charge in [0.1, 0.15) is 0 Å². The van der Waals surface area contributed by atoms with Gasteiger partial charge in [0.05, 0.1) is 15.9 Å². The Morgan fingerprint density at radius 2 is 2.00 bits per heavy atom. The van der Waals surface area contributed by atoms with Crippen molar-refractivity contribution in [1.82, 2.24) is 15.3 Å². The van der Waals surface area contributed by atoms with Crippen LogP contribution < -0.4 is 10.2 Å². The molecule has 148 valence electrons. The molecule has 0 aromatic carbocycles. The van der Waals surface area contributed by atoms with E-state index in [0.29, 0.717) is 23.2 Å². The molecule has 1 fully saturated rings. The van der Waals surface area contributed by atoms with E-state index < -0.39 is 5.60 Å². The molecule has 0 radical (unpaired) electrons. The molecule has 1 aliphatic rings. The molecule has 0 aliphatic heterocycles. The minimum atomic E-state index is -0.642. The SMILES string of the molecule is CC(C)N(C)c1nc2ncc(C(=O)N[C@H]3CC[C@H](C(C)(C)O)CC3)cc2s1. The Morgan fingerprint density at radius 3 is 2.59 bits per heavy atom. The average molecular weight is 391 g/mol. The third-order valence-corrected chi connectivity index (χ3v) is 6.72. The molecular formula is C20H30N4O2S. The molecule has 27 heavy (non-hydrogen) atoms. The van der Waals surface area contributed by atoms with Gasteiger partial charge < -0.3 is 15.3 Å². The van der Waals surface area contributed by atoms with E-state index in [4.69, 9.17) is 0 Å². The summed E-state index contributed by atoms with van der Waals surface area (Å²) in [5, 5.41) is 14.2. The molecular weight excluding hydrogens is 360 g/mol. The molecule has 0 spiro atoms. The Bertz CT molecular complexity index is 804. The van der Waals surface area contributed by atoms with Crippen molar-refractivity contribution in [3.05, 3.63) is 17.8 Å². The Balaban J connectivity index is 1.66. The summed E-state index contributed by atoms with van der Waals surface area (Å²) in [6.07, 6.45) is 5.29. The molecule has 0 atom stereocenters. The Morgan fingerprint density at radius 1 is 1.33 bits per heavy atom. The topological polar surface area (TPSA) is 78.4 Å². The molecule has 1 aliphatic carbocycles. The summed E-state index contributed by atoms with van der Waals surface area (Å²) in [7, 11) is 2.01. The van der Waals surface area contributed by atoms with Crippen molar-refractivity contribution < 1.29 is 9.90 Å². The largest absolute Gasteiger partial charge is 0.390 e. The number of hydrogen-bond donors (Lipinski definition) is 2. The Hall–Kier alpha value is -1.73. The molecule has 1 saturated carbocycles. The van der Waals surface area contributed by atoms with Gasteiger partial charge in [0.25, 0.3) is 5.91 Å². The highest BCUT2D eigenvalue weighted by molar-refractivity contribution is 7.22. The summed E-state index contributed by atoms with van der Waals surface area (Å²) in [6, 6.07) is 2.40. The van der Waals surface area contributed by atoms with Crippen LogP contribution in [0.2, 0.25) is 0 Å². The molecule has 0 unspecified atom stereocenters. The molecule has 6 nitrogen and oxygen atoms in total. The van der Waals surface area contributed by atoms with Crippen LogP contribution in [0.1, 0.15) is 63.7 Å². The van der Waals surface area contributed by atoms with Crippen molar-refractivity contribution in [2.45, 2.75) is 71.1 Å². The second-order valence-corrected chi connectivity index (χ2v) is 9.43. The first-order valence-corrected chi connectivity index (χ1v) is 10.5. The second-order valence-electron chi connectivity index (χ2n) is 8.42. The minimum Gasteiger partial charge on any atom is -0.390 e. The first-order chi connectivity index (χ1) is 12.6. The van der Waals surface area contributed by atoms with Gasteiger partial charge in [-0.1, -0.05) is 11.3 Å². The van der Waals surface area contributed by atoms with E-state index in [-0.39, 0.29) is 11.9 Å². The average Bonchev–Trinajstić information content (AvgIpc) is 3.03. The first-order valence-electron chi connectivity index (χ1n) is 9.68. The summed E-state index contributed by atoms with van der Waals surface area (Å²) in [4.78, 5) is 23.7. The summed E-state index contributed by atoms with van der Waals surface area (Å²) in [5.74, 6) is 0.223. The zero-order chi connectivity index (χ0) is 19.8. The van der Waals surface area contributed by atoms with E-state index in [1.165, 1.54) is 0 Å². The van der Waals surface area contributed by atoms with Crippen LogP contribution in [0.5, 0.6) is 0 Å². The summed E-state index contributed by atoms with van der Waals surface area (Å²) in [6.45, 7) is 7.98. The predicted octanol–water partition coefficient (Wildman–Crippen LogP) is 3.60. The lowest BCUT2D eigenvalue weighted by Crippen LogP contribution is -2.41. The van der Waals surface area contributed by atoms with Crippen LogP contribution in [0.3, 0.4) is 0 Å².